The summed E-state index contributed by atoms with van der Waals surface area (Å²) in [6.07, 6.45) is 0. The first kappa shape index (κ1) is 14.2. The second-order valence-electron chi connectivity index (χ2n) is 4.56. The van der Waals surface area contributed by atoms with Gasteiger partial charge in [-0.1, -0.05) is 29.4 Å². The minimum Gasteiger partial charge on any atom is -0.334 e. The van der Waals surface area contributed by atoms with Gasteiger partial charge in [-0.15, -0.1) is 11.3 Å². The molecule has 0 N–H and O–H groups in total. The van der Waals surface area contributed by atoms with Crippen LogP contribution >= 0.6 is 11.3 Å². The highest BCUT2D eigenvalue weighted by atomic mass is 32.2. The lowest BCUT2D eigenvalue weighted by atomic mass is 10.2. The maximum atomic E-state index is 12.4. The number of hydrogen-bond acceptors (Lipinski definition) is 5. The van der Waals surface area contributed by atoms with Crippen LogP contribution in [-0.4, -0.2) is 14.3 Å². The first-order valence-corrected chi connectivity index (χ1v) is 8.79. The highest BCUT2D eigenvalue weighted by molar-refractivity contribution is 7.84. The zero-order valence-electron chi connectivity index (χ0n) is 11.4. The smallest absolute Gasteiger partial charge is 0.257 e. The Balaban J connectivity index is 1.71. The minimum absolute atomic E-state index is 0.0244. The molecule has 3 rings (SSSR count). The number of hydrogen-bond donors (Lipinski definition) is 0. The van der Waals surface area contributed by atoms with Crippen LogP contribution in [0.4, 0.5) is 0 Å². The van der Waals surface area contributed by atoms with Crippen molar-refractivity contribution in [2.24, 2.45) is 0 Å². The standard InChI is InChI=1S/C15H14N2O2S2/c1-11(13-8-5-9-20-13)21(18)10-14-16-15(19-17-14)12-6-3-2-4-7-12/h2-9,11H,10H2,1H3. The van der Waals surface area contributed by atoms with Crippen molar-refractivity contribution >= 4 is 22.1 Å². The fourth-order valence-corrected chi connectivity index (χ4v) is 4.03. The van der Waals surface area contributed by atoms with Crippen LogP contribution in [0.25, 0.3) is 11.5 Å². The third kappa shape index (κ3) is 3.28. The quantitative estimate of drug-likeness (QED) is 0.718. The van der Waals surface area contributed by atoms with Gasteiger partial charge >= 0.3 is 0 Å². The zero-order valence-corrected chi connectivity index (χ0v) is 13.1. The maximum Gasteiger partial charge on any atom is 0.257 e. The summed E-state index contributed by atoms with van der Waals surface area (Å²) in [5.41, 5.74) is 0.869. The Labute approximate surface area is 129 Å². The second kappa shape index (κ2) is 6.32. The molecule has 108 valence electrons. The summed E-state index contributed by atoms with van der Waals surface area (Å²) in [6.45, 7) is 1.96. The monoisotopic (exact) mass is 318 g/mol. The normalized spacial score (nSPS) is 14.0. The predicted molar refractivity (Wildman–Crippen MR) is 84.3 cm³/mol. The fourth-order valence-electron chi connectivity index (χ4n) is 1.91. The Kier molecular flexibility index (Phi) is 4.26. The highest BCUT2D eigenvalue weighted by Crippen LogP contribution is 2.26. The molecular weight excluding hydrogens is 304 g/mol. The van der Waals surface area contributed by atoms with Crippen molar-refractivity contribution in [2.75, 3.05) is 0 Å². The molecule has 0 radical (unpaired) electrons. The maximum absolute atomic E-state index is 12.4. The van der Waals surface area contributed by atoms with E-state index in [2.05, 4.69) is 10.1 Å². The van der Waals surface area contributed by atoms with Gasteiger partial charge in [0.2, 0.25) is 0 Å². The molecule has 0 spiro atoms. The van der Waals surface area contributed by atoms with Crippen molar-refractivity contribution in [1.82, 2.24) is 10.1 Å². The van der Waals surface area contributed by atoms with E-state index >= 15 is 0 Å². The minimum atomic E-state index is -1.06. The van der Waals surface area contributed by atoms with Gasteiger partial charge in [-0.05, 0) is 30.5 Å². The number of rotatable bonds is 5. The SMILES string of the molecule is CC(c1cccs1)S(=O)Cc1noc(-c2ccccc2)n1. The molecule has 0 aliphatic rings. The highest BCUT2D eigenvalue weighted by Gasteiger charge is 2.18. The van der Waals surface area contributed by atoms with Crippen LogP contribution in [0.3, 0.4) is 0 Å². The van der Waals surface area contributed by atoms with E-state index in [1.54, 1.807) is 11.3 Å². The average Bonchev–Trinajstić information content (AvgIpc) is 3.19. The van der Waals surface area contributed by atoms with Crippen molar-refractivity contribution in [3.05, 3.63) is 58.5 Å². The van der Waals surface area contributed by atoms with Gasteiger partial charge in [0.05, 0.1) is 11.0 Å². The lowest BCUT2D eigenvalue weighted by Gasteiger charge is -2.06. The summed E-state index contributed by atoms with van der Waals surface area (Å²) in [5, 5.41) is 5.89. The molecule has 4 nitrogen and oxygen atoms in total. The fraction of sp³-hybridized carbons (Fsp3) is 0.200. The van der Waals surface area contributed by atoms with Gasteiger partial charge in [-0.25, -0.2) is 0 Å². The summed E-state index contributed by atoms with van der Waals surface area (Å²) in [6, 6.07) is 13.5. The Morgan fingerprint density at radius 1 is 1.24 bits per heavy atom. The van der Waals surface area contributed by atoms with Crippen molar-refractivity contribution in [2.45, 2.75) is 17.9 Å². The van der Waals surface area contributed by atoms with Gasteiger partial charge in [-0.2, -0.15) is 4.98 Å². The first-order valence-electron chi connectivity index (χ1n) is 6.52. The van der Waals surface area contributed by atoms with Crippen LogP contribution in [0.5, 0.6) is 0 Å². The Bertz CT molecular complexity index is 723. The van der Waals surface area contributed by atoms with Crippen LogP contribution in [0, 0.1) is 0 Å². The molecule has 0 saturated carbocycles. The molecule has 0 bridgehead atoms. The molecule has 6 heteroatoms. The van der Waals surface area contributed by atoms with E-state index in [4.69, 9.17) is 4.52 Å². The van der Waals surface area contributed by atoms with E-state index in [1.807, 2.05) is 54.8 Å². The van der Waals surface area contributed by atoms with Crippen LogP contribution in [0.1, 0.15) is 22.9 Å². The molecule has 21 heavy (non-hydrogen) atoms. The van der Waals surface area contributed by atoms with Crippen molar-refractivity contribution in [1.29, 1.82) is 0 Å². The number of nitrogens with zero attached hydrogens (tertiary/aromatic N) is 2. The van der Waals surface area contributed by atoms with Gasteiger partial charge in [-0.3, -0.25) is 4.21 Å². The van der Waals surface area contributed by atoms with E-state index in [-0.39, 0.29) is 5.25 Å². The van der Waals surface area contributed by atoms with E-state index in [1.165, 1.54) is 0 Å². The second-order valence-corrected chi connectivity index (χ2v) is 7.30. The largest absolute Gasteiger partial charge is 0.334 e. The number of benzene rings is 1. The molecule has 0 saturated heterocycles. The number of thiophene rings is 1. The Morgan fingerprint density at radius 2 is 2.05 bits per heavy atom. The molecule has 2 aromatic heterocycles. The van der Waals surface area contributed by atoms with Crippen molar-refractivity contribution in [3.63, 3.8) is 0 Å². The third-order valence-corrected chi connectivity index (χ3v) is 5.89. The van der Waals surface area contributed by atoms with Gasteiger partial charge in [0, 0.05) is 21.2 Å². The van der Waals surface area contributed by atoms with Crippen LogP contribution in [0.15, 0.2) is 52.4 Å². The zero-order chi connectivity index (χ0) is 14.7. The van der Waals surface area contributed by atoms with E-state index < -0.39 is 10.8 Å². The molecule has 2 atom stereocenters. The van der Waals surface area contributed by atoms with Crippen LogP contribution < -0.4 is 0 Å². The van der Waals surface area contributed by atoms with E-state index in [0.717, 1.165) is 10.4 Å². The Morgan fingerprint density at radius 3 is 2.76 bits per heavy atom. The molecule has 0 aliphatic heterocycles. The lowest BCUT2D eigenvalue weighted by molar-refractivity contribution is 0.425. The van der Waals surface area contributed by atoms with Crippen molar-refractivity contribution < 1.29 is 8.73 Å². The predicted octanol–water partition coefficient (Wildman–Crippen LogP) is 3.81. The molecule has 1 aromatic carbocycles. The van der Waals surface area contributed by atoms with Crippen LogP contribution in [-0.2, 0) is 16.6 Å². The lowest BCUT2D eigenvalue weighted by Crippen LogP contribution is -2.05. The van der Waals surface area contributed by atoms with Gasteiger partial charge < -0.3 is 4.52 Å². The summed E-state index contributed by atoms with van der Waals surface area (Å²) < 4.78 is 17.6. The molecule has 0 amide bonds. The third-order valence-electron chi connectivity index (χ3n) is 3.10. The summed E-state index contributed by atoms with van der Waals surface area (Å²) in [7, 11) is -1.06. The summed E-state index contributed by atoms with van der Waals surface area (Å²) in [5.74, 6) is 1.25. The summed E-state index contributed by atoms with van der Waals surface area (Å²) in [4.78, 5) is 5.43. The summed E-state index contributed by atoms with van der Waals surface area (Å²) >= 11 is 1.61. The molecular formula is C15H14N2O2S2. The first-order chi connectivity index (χ1) is 10.2. The topological polar surface area (TPSA) is 56.0 Å². The molecule has 3 aromatic rings. The molecule has 2 heterocycles. The Hall–Kier alpha value is -1.79. The van der Waals surface area contributed by atoms with Gasteiger partial charge in [0.15, 0.2) is 5.82 Å². The molecule has 0 fully saturated rings. The van der Waals surface area contributed by atoms with E-state index in [0.29, 0.717) is 17.5 Å². The molecule has 2 unspecified atom stereocenters. The van der Waals surface area contributed by atoms with Crippen LogP contribution in [0.2, 0.25) is 0 Å². The van der Waals surface area contributed by atoms with Gasteiger partial charge in [0.1, 0.15) is 0 Å². The van der Waals surface area contributed by atoms with E-state index in [9.17, 15) is 4.21 Å². The average molecular weight is 318 g/mol. The van der Waals surface area contributed by atoms with Gasteiger partial charge in [0.25, 0.3) is 5.89 Å². The van der Waals surface area contributed by atoms with Crippen molar-refractivity contribution in [3.8, 4) is 11.5 Å². The molecule has 0 aliphatic carbocycles. The number of aromatic nitrogens is 2.